The van der Waals surface area contributed by atoms with E-state index in [1.807, 2.05) is 40.9 Å². The van der Waals surface area contributed by atoms with Crippen LogP contribution in [-0.2, 0) is 6.54 Å². The van der Waals surface area contributed by atoms with Gasteiger partial charge in [0.05, 0.1) is 0 Å². The Labute approximate surface area is 145 Å². The molecule has 24 heavy (non-hydrogen) atoms. The smallest absolute Gasteiger partial charge is 0.321 e. The number of rotatable bonds is 3. The van der Waals surface area contributed by atoms with Crippen LogP contribution in [0.2, 0.25) is 0 Å². The molecule has 1 aromatic carbocycles. The van der Waals surface area contributed by atoms with Crippen LogP contribution >= 0.6 is 11.8 Å². The summed E-state index contributed by atoms with van der Waals surface area (Å²) in [5.74, 6) is -0.528. The molecule has 0 radical (unpaired) electrons. The van der Waals surface area contributed by atoms with E-state index in [4.69, 9.17) is 0 Å². The van der Waals surface area contributed by atoms with Gasteiger partial charge in [0.2, 0.25) is 0 Å². The van der Waals surface area contributed by atoms with Gasteiger partial charge in [-0.05, 0) is 17.7 Å². The first-order chi connectivity index (χ1) is 11.5. The number of alkyl halides is 2. The van der Waals surface area contributed by atoms with Crippen molar-refractivity contribution in [3.63, 3.8) is 0 Å². The van der Waals surface area contributed by atoms with Crippen molar-refractivity contribution in [3.05, 3.63) is 29.8 Å². The molecule has 7 heteroatoms. The molecule has 1 aromatic rings. The maximum absolute atomic E-state index is 13.2. The normalized spacial score (nSPS) is 21.5. The van der Waals surface area contributed by atoms with E-state index in [9.17, 15) is 13.6 Å². The van der Waals surface area contributed by atoms with Crippen LogP contribution in [0.15, 0.2) is 24.3 Å². The third kappa shape index (κ3) is 4.83. The fourth-order valence-electron chi connectivity index (χ4n) is 2.96. The van der Waals surface area contributed by atoms with Gasteiger partial charge < -0.3 is 10.2 Å². The molecule has 2 aliphatic rings. The van der Waals surface area contributed by atoms with E-state index in [1.165, 1.54) is 0 Å². The van der Waals surface area contributed by atoms with Crippen LogP contribution in [0.4, 0.5) is 19.3 Å². The minimum Gasteiger partial charge on any atom is -0.323 e. The molecule has 0 bridgehead atoms. The van der Waals surface area contributed by atoms with Gasteiger partial charge in [-0.1, -0.05) is 12.1 Å². The molecular formula is C17H23F2N3OS. The number of likely N-dealkylation sites (tertiary alicyclic amines) is 1. The van der Waals surface area contributed by atoms with Crippen LogP contribution in [-0.4, -0.2) is 59.4 Å². The summed E-state index contributed by atoms with van der Waals surface area (Å²) in [6.07, 6.45) is -0.121. The Hall–Kier alpha value is -1.34. The number of carbonyl (C=O) groups is 1. The van der Waals surface area contributed by atoms with Crippen molar-refractivity contribution >= 4 is 23.5 Å². The fraction of sp³-hybridized carbons (Fsp3) is 0.588. The number of carbonyl (C=O) groups excluding carboxylic acids is 1. The van der Waals surface area contributed by atoms with Crippen LogP contribution in [0.5, 0.6) is 0 Å². The highest BCUT2D eigenvalue weighted by Gasteiger charge is 2.33. The molecule has 132 valence electrons. The third-order valence-electron chi connectivity index (χ3n) is 4.50. The summed E-state index contributed by atoms with van der Waals surface area (Å²) in [7, 11) is 0. The van der Waals surface area contributed by atoms with Crippen LogP contribution in [0, 0.1) is 0 Å². The molecule has 0 saturated carbocycles. The first-order valence-corrected chi connectivity index (χ1v) is 9.50. The molecule has 2 saturated heterocycles. The Bertz CT molecular complexity index is 551. The Morgan fingerprint density at radius 2 is 1.71 bits per heavy atom. The second kappa shape index (κ2) is 7.70. The third-order valence-corrected chi connectivity index (χ3v) is 5.44. The predicted octanol–water partition coefficient (Wildman–Crippen LogP) is 3.50. The quantitative estimate of drug-likeness (QED) is 0.901. The standard InChI is InChI=1S/C17H23F2N3OS/c18-17(19)5-7-21(8-6-17)13-14-1-3-15(4-2-14)20-16(23)22-9-11-24-12-10-22/h1-4H,5-13H2,(H,20,23). The van der Waals surface area contributed by atoms with Gasteiger partial charge in [0.15, 0.2) is 0 Å². The molecule has 0 aliphatic carbocycles. The minimum absolute atomic E-state index is 0.0543. The van der Waals surface area contributed by atoms with Crippen LogP contribution in [0.1, 0.15) is 18.4 Å². The average Bonchev–Trinajstić information content (AvgIpc) is 2.59. The molecule has 3 rings (SSSR count). The molecule has 2 aliphatic heterocycles. The molecule has 0 aromatic heterocycles. The Kier molecular flexibility index (Phi) is 5.61. The largest absolute Gasteiger partial charge is 0.323 e. The molecule has 0 spiro atoms. The maximum atomic E-state index is 13.2. The summed E-state index contributed by atoms with van der Waals surface area (Å²) in [4.78, 5) is 16.0. The minimum atomic E-state index is -2.50. The molecular weight excluding hydrogens is 332 g/mol. The fourth-order valence-corrected chi connectivity index (χ4v) is 3.86. The highest BCUT2D eigenvalue weighted by atomic mass is 32.2. The number of halogens is 2. The zero-order valence-corrected chi connectivity index (χ0v) is 14.5. The molecule has 2 amide bonds. The Morgan fingerprint density at radius 1 is 1.08 bits per heavy atom. The molecule has 0 atom stereocenters. The van der Waals surface area contributed by atoms with E-state index in [-0.39, 0.29) is 18.9 Å². The lowest BCUT2D eigenvalue weighted by atomic mass is 10.1. The van der Waals surface area contributed by atoms with Gasteiger partial charge in [-0.25, -0.2) is 13.6 Å². The molecule has 4 nitrogen and oxygen atoms in total. The zero-order chi connectivity index (χ0) is 17.0. The predicted molar refractivity (Wildman–Crippen MR) is 93.8 cm³/mol. The summed E-state index contributed by atoms with van der Waals surface area (Å²) in [5, 5.41) is 2.92. The Morgan fingerprint density at radius 3 is 2.33 bits per heavy atom. The van der Waals surface area contributed by atoms with E-state index >= 15 is 0 Å². The zero-order valence-electron chi connectivity index (χ0n) is 13.6. The number of nitrogens with zero attached hydrogens (tertiary/aromatic N) is 2. The number of anilines is 1. The van der Waals surface area contributed by atoms with Crippen molar-refractivity contribution in [2.24, 2.45) is 0 Å². The number of nitrogens with one attached hydrogen (secondary N) is 1. The molecule has 2 fully saturated rings. The number of thioether (sulfide) groups is 1. The van der Waals surface area contributed by atoms with Gasteiger partial charge in [-0.2, -0.15) is 11.8 Å². The summed E-state index contributed by atoms with van der Waals surface area (Å²) in [6, 6.07) is 7.61. The molecule has 2 heterocycles. The van der Waals surface area contributed by atoms with E-state index in [0.717, 1.165) is 35.8 Å². The highest BCUT2D eigenvalue weighted by Crippen LogP contribution is 2.28. The van der Waals surface area contributed by atoms with Crippen molar-refractivity contribution in [2.75, 3.05) is 43.0 Å². The van der Waals surface area contributed by atoms with Gasteiger partial charge in [0.25, 0.3) is 5.92 Å². The van der Waals surface area contributed by atoms with Gasteiger partial charge >= 0.3 is 6.03 Å². The van der Waals surface area contributed by atoms with E-state index in [2.05, 4.69) is 10.2 Å². The van der Waals surface area contributed by atoms with Gasteiger partial charge in [-0.3, -0.25) is 4.90 Å². The lowest BCUT2D eigenvalue weighted by Gasteiger charge is -2.31. The number of amides is 2. The van der Waals surface area contributed by atoms with Gasteiger partial charge in [0.1, 0.15) is 0 Å². The van der Waals surface area contributed by atoms with Crippen molar-refractivity contribution in [2.45, 2.75) is 25.3 Å². The number of hydrogen-bond acceptors (Lipinski definition) is 3. The second-order valence-corrected chi connectivity index (χ2v) is 7.58. The van der Waals surface area contributed by atoms with Gasteiger partial charge in [-0.15, -0.1) is 0 Å². The summed E-state index contributed by atoms with van der Waals surface area (Å²) < 4.78 is 26.3. The topological polar surface area (TPSA) is 35.6 Å². The first-order valence-electron chi connectivity index (χ1n) is 8.35. The number of hydrogen-bond donors (Lipinski definition) is 1. The van der Waals surface area contributed by atoms with Crippen molar-refractivity contribution < 1.29 is 13.6 Å². The van der Waals surface area contributed by atoms with E-state index < -0.39 is 5.92 Å². The molecule has 0 unspecified atom stereocenters. The van der Waals surface area contributed by atoms with Crippen LogP contribution < -0.4 is 5.32 Å². The van der Waals surface area contributed by atoms with Gasteiger partial charge in [0, 0.05) is 62.8 Å². The monoisotopic (exact) mass is 355 g/mol. The average molecular weight is 355 g/mol. The first kappa shape index (κ1) is 17.5. The number of benzene rings is 1. The number of urea groups is 1. The summed E-state index contributed by atoms with van der Waals surface area (Å²) in [5.41, 5.74) is 1.85. The van der Waals surface area contributed by atoms with Crippen molar-refractivity contribution in [1.29, 1.82) is 0 Å². The lowest BCUT2D eigenvalue weighted by Crippen LogP contribution is -2.40. The molecule has 1 N–H and O–H groups in total. The van der Waals surface area contributed by atoms with E-state index in [1.54, 1.807) is 0 Å². The van der Waals surface area contributed by atoms with Crippen molar-refractivity contribution in [3.8, 4) is 0 Å². The maximum Gasteiger partial charge on any atom is 0.321 e. The SMILES string of the molecule is O=C(Nc1ccc(CN2CCC(F)(F)CC2)cc1)N1CCSCC1. The van der Waals surface area contributed by atoms with Crippen LogP contribution in [0.3, 0.4) is 0 Å². The summed E-state index contributed by atoms with van der Waals surface area (Å²) >= 11 is 1.87. The lowest BCUT2D eigenvalue weighted by molar-refractivity contribution is -0.0566. The van der Waals surface area contributed by atoms with Crippen molar-refractivity contribution in [1.82, 2.24) is 9.80 Å². The summed E-state index contributed by atoms with van der Waals surface area (Å²) in [6.45, 7) is 3.10. The van der Waals surface area contributed by atoms with E-state index in [0.29, 0.717) is 19.6 Å². The second-order valence-electron chi connectivity index (χ2n) is 6.36. The number of piperidine rings is 1. The highest BCUT2D eigenvalue weighted by molar-refractivity contribution is 7.99. The van der Waals surface area contributed by atoms with Crippen LogP contribution in [0.25, 0.3) is 0 Å². The Balaban J connectivity index is 1.49.